The molecule has 0 saturated carbocycles. The number of rotatable bonds is 1. The molecule has 0 rings (SSSR count). The molecule has 0 aliphatic rings. The van der Waals surface area contributed by atoms with Crippen LogP contribution in [0, 0.1) is 0 Å². The first kappa shape index (κ1) is 5.90. The Hall–Kier alpha value is 0.895. The van der Waals surface area contributed by atoms with Crippen LogP contribution in [0.3, 0.4) is 0 Å². The Labute approximate surface area is 48.4 Å². The van der Waals surface area contributed by atoms with Crippen molar-refractivity contribution in [1.29, 1.82) is 0 Å². The molecule has 0 aliphatic heterocycles. The zero-order valence-corrected chi connectivity index (χ0v) is 8.94. The molecule has 0 aliphatic carbocycles. The molecule has 1 N–H and O–H groups in total. The van der Waals surface area contributed by atoms with Crippen molar-refractivity contribution in [3.8, 4) is 0 Å². The minimum absolute atomic E-state index is 0.0293. The summed E-state index contributed by atoms with van der Waals surface area (Å²) in [6.07, 6.45) is -0.0293. The van der Waals surface area contributed by atoms with Crippen molar-refractivity contribution >= 4 is 0 Å². The normalized spacial score (nSPS) is 15.2. The van der Waals surface area contributed by atoms with E-state index in [1.54, 1.807) is 0 Å². The fraction of sp³-hybridized carbons (Fsp3) is 1.00. The zero-order valence-electron chi connectivity index (χ0n) is 3.44. The number of aliphatic hydroxyl groups excluding tert-OH is 1. The van der Waals surface area contributed by atoms with Crippen molar-refractivity contribution in [1.82, 2.24) is 0 Å². The third-order valence-electron chi connectivity index (χ3n) is 0.418. The van der Waals surface area contributed by atoms with Gasteiger partial charge in [0.1, 0.15) is 0 Å². The van der Waals surface area contributed by atoms with E-state index in [1.807, 2.05) is 6.92 Å². The van der Waals surface area contributed by atoms with Gasteiger partial charge in [0, 0.05) is 0 Å². The second-order valence-electron chi connectivity index (χ2n) is 1.14. The molecule has 1 atom stereocenters. The van der Waals surface area contributed by atoms with Crippen LogP contribution in [0.2, 0.25) is 3.93 Å². The Bertz CT molecular complexity index is 20.9. The standard InChI is InChI=1S/C3H7O.Hg/c1-3(2)4;/h3-4H,1H2,2H3;. The SMILES string of the molecule is CC(O)[CH2][Hg]. The molecule has 1 unspecified atom stereocenters. The molecule has 0 aromatic heterocycles. The van der Waals surface area contributed by atoms with Gasteiger partial charge >= 0.3 is 48.2 Å². The molecule has 2 heteroatoms. The molecule has 0 fully saturated rings. The monoisotopic (exact) mass is 261 g/mol. The van der Waals surface area contributed by atoms with Gasteiger partial charge in [0.05, 0.1) is 0 Å². The van der Waals surface area contributed by atoms with Crippen molar-refractivity contribution in [2.24, 2.45) is 0 Å². The maximum absolute atomic E-state index is 8.41. The Morgan fingerprint density at radius 2 is 2.20 bits per heavy atom. The van der Waals surface area contributed by atoms with Gasteiger partial charge in [-0.15, -0.1) is 0 Å². The van der Waals surface area contributed by atoms with E-state index in [0.29, 0.717) is 0 Å². The van der Waals surface area contributed by atoms with Crippen LogP contribution in [0.15, 0.2) is 0 Å². The van der Waals surface area contributed by atoms with Gasteiger partial charge in [-0.25, -0.2) is 0 Å². The molecule has 0 radical (unpaired) electrons. The quantitative estimate of drug-likeness (QED) is 0.673. The maximum atomic E-state index is 8.41. The van der Waals surface area contributed by atoms with Crippen LogP contribution in [-0.2, 0) is 26.1 Å². The topological polar surface area (TPSA) is 20.2 Å². The fourth-order valence-corrected chi connectivity index (χ4v) is 0. The number of hydrogen-bond donors (Lipinski definition) is 1. The molecule has 0 saturated heterocycles. The van der Waals surface area contributed by atoms with Gasteiger partial charge in [-0.3, -0.25) is 0 Å². The molecule has 0 spiro atoms. The van der Waals surface area contributed by atoms with Gasteiger partial charge in [0.25, 0.3) is 0 Å². The van der Waals surface area contributed by atoms with E-state index in [1.165, 1.54) is 0 Å². The van der Waals surface area contributed by atoms with Crippen LogP contribution in [-0.4, -0.2) is 11.2 Å². The summed E-state index contributed by atoms with van der Waals surface area (Å²) < 4.78 is 1.06. The van der Waals surface area contributed by atoms with Crippen LogP contribution < -0.4 is 0 Å². The summed E-state index contributed by atoms with van der Waals surface area (Å²) >= 11 is 0.793. The van der Waals surface area contributed by atoms with Crippen molar-refractivity contribution in [2.75, 3.05) is 0 Å². The summed E-state index contributed by atoms with van der Waals surface area (Å²) in [5, 5.41) is 8.41. The van der Waals surface area contributed by atoms with E-state index < -0.39 is 0 Å². The van der Waals surface area contributed by atoms with Gasteiger partial charge in [-0.1, -0.05) is 0 Å². The third-order valence-corrected chi connectivity index (χ3v) is 3.67. The molecule has 0 bridgehead atoms. The summed E-state index contributed by atoms with van der Waals surface area (Å²) in [7, 11) is 0. The van der Waals surface area contributed by atoms with E-state index in [-0.39, 0.29) is 6.10 Å². The van der Waals surface area contributed by atoms with E-state index in [9.17, 15) is 0 Å². The van der Waals surface area contributed by atoms with E-state index in [2.05, 4.69) is 0 Å². The first-order valence-corrected chi connectivity index (χ1v) is 5.63. The molecule has 0 aromatic rings. The van der Waals surface area contributed by atoms with Crippen molar-refractivity contribution in [3.63, 3.8) is 0 Å². The van der Waals surface area contributed by atoms with Crippen molar-refractivity contribution < 1.29 is 31.2 Å². The van der Waals surface area contributed by atoms with Gasteiger partial charge < -0.3 is 0 Å². The van der Waals surface area contributed by atoms with Gasteiger partial charge in [0.15, 0.2) is 0 Å². The average molecular weight is 260 g/mol. The summed E-state index contributed by atoms with van der Waals surface area (Å²) in [4.78, 5) is 0. The molecule has 0 heterocycles. The Morgan fingerprint density at radius 1 is 2.00 bits per heavy atom. The second-order valence-corrected chi connectivity index (χ2v) is 3.38. The van der Waals surface area contributed by atoms with Gasteiger partial charge in [-0.05, 0) is 0 Å². The van der Waals surface area contributed by atoms with Crippen LogP contribution in [0.5, 0.6) is 0 Å². The predicted octanol–water partition coefficient (Wildman–Crippen LogP) is 0.332. The number of aliphatic hydroxyl groups is 1. The third kappa shape index (κ3) is 4.90. The molecule has 0 amide bonds. The molecule has 27 valence electrons. The summed E-state index contributed by atoms with van der Waals surface area (Å²) in [6.45, 7) is 1.83. The van der Waals surface area contributed by atoms with Crippen LogP contribution >= 0.6 is 0 Å². The second kappa shape index (κ2) is 3.10. The van der Waals surface area contributed by atoms with Gasteiger partial charge in [0.2, 0.25) is 0 Å². The average Bonchev–Trinajstić information content (AvgIpc) is 1.38. The predicted molar refractivity (Wildman–Crippen MR) is 16.5 cm³/mol. The molecular weight excluding hydrogens is 253 g/mol. The molecule has 0 aromatic carbocycles. The van der Waals surface area contributed by atoms with Gasteiger partial charge in [-0.2, -0.15) is 0 Å². The van der Waals surface area contributed by atoms with Crippen LogP contribution in [0.1, 0.15) is 6.92 Å². The Balaban J connectivity index is 2.54. The number of hydrogen-bond acceptors (Lipinski definition) is 1. The van der Waals surface area contributed by atoms with E-state index >= 15 is 0 Å². The van der Waals surface area contributed by atoms with Crippen LogP contribution in [0.4, 0.5) is 0 Å². The Kier molecular flexibility index (Phi) is 3.65. The minimum atomic E-state index is -0.0293. The molecule has 5 heavy (non-hydrogen) atoms. The molecule has 1 nitrogen and oxygen atoms in total. The van der Waals surface area contributed by atoms with E-state index in [0.717, 1.165) is 30.1 Å². The van der Waals surface area contributed by atoms with Crippen molar-refractivity contribution in [2.45, 2.75) is 17.0 Å². The first-order valence-electron chi connectivity index (χ1n) is 1.74. The molecular formula is C3H7HgO. The van der Waals surface area contributed by atoms with Crippen molar-refractivity contribution in [3.05, 3.63) is 0 Å². The fourth-order valence-electron chi connectivity index (χ4n) is 0. The van der Waals surface area contributed by atoms with E-state index in [4.69, 9.17) is 5.11 Å². The summed E-state index contributed by atoms with van der Waals surface area (Å²) in [5.41, 5.74) is 0. The summed E-state index contributed by atoms with van der Waals surface area (Å²) in [6, 6.07) is 0. The van der Waals surface area contributed by atoms with Crippen LogP contribution in [0.25, 0.3) is 0 Å². The zero-order chi connectivity index (χ0) is 4.28. The summed E-state index contributed by atoms with van der Waals surface area (Å²) in [5.74, 6) is 0. The Morgan fingerprint density at radius 3 is 2.20 bits per heavy atom. The first-order chi connectivity index (χ1) is 2.27.